The van der Waals surface area contributed by atoms with Gasteiger partial charge in [-0.15, -0.1) is 0 Å². The lowest BCUT2D eigenvalue weighted by atomic mass is 9.90. The van der Waals surface area contributed by atoms with Crippen molar-refractivity contribution in [1.82, 2.24) is 15.1 Å². The molecular weight excluding hydrogens is 338 g/mol. The van der Waals surface area contributed by atoms with Crippen LogP contribution >= 0.6 is 0 Å². The molecule has 5 nitrogen and oxygen atoms in total. The van der Waals surface area contributed by atoms with E-state index in [0.29, 0.717) is 5.92 Å². The van der Waals surface area contributed by atoms with Gasteiger partial charge in [-0.3, -0.25) is 0 Å². The van der Waals surface area contributed by atoms with E-state index in [2.05, 4.69) is 40.5 Å². The van der Waals surface area contributed by atoms with E-state index in [1.54, 1.807) is 7.11 Å². The minimum atomic E-state index is 0.131. The van der Waals surface area contributed by atoms with E-state index in [-0.39, 0.29) is 6.03 Å². The Bertz CT molecular complexity index is 558. The first-order chi connectivity index (χ1) is 13.2. The van der Waals surface area contributed by atoms with Crippen molar-refractivity contribution in [3.63, 3.8) is 0 Å². The molecule has 3 rings (SSSR count). The number of aryl methyl sites for hydroxylation is 1. The van der Waals surface area contributed by atoms with Crippen LogP contribution < -0.4 is 5.32 Å². The highest BCUT2D eigenvalue weighted by molar-refractivity contribution is 5.74. The highest BCUT2D eigenvalue weighted by Gasteiger charge is 2.25. The molecule has 1 aromatic carbocycles. The van der Waals surface area contributed by atoms with Crippen molar-refractivity contribution in [2.24, 2.45) is 11.8 Å². The third-order valence-electron chi connectivity index (χ3n) is 6.11. The van der Waals surface area contributed by atoms with E-state index in [9.17, 15) is 4.79 Å². The SMILES string of the molecule is COCCN1CC[C@H](CNC(=O)N2CCC(CCc3ccccc3)CC2)C1. The zero-order valence-corrected chi connectivity index (χ0v) is 16.7. The van der Waals surface area contributed by atoms with Gasteiger partial charge in [0.05, 0.1) is 6.61 Å². The minimum Gasteiger partial charge on any atom is -0.383 e. The molecule has 2 amide bonds. The van der Waals surface area contributed by atoms with Crippen LogP contribution in [-0.4, -0.2) is 68.8 Å². The Labute approximate surface area is 164 Å². The minimum absolute atomic E-state index is 0.131. The fraction of sp³-hybridized carbons (Fsp3) is 0.682. The number of rotatable bonds is 8. The molecule has 0 aliphatic carbocycles. The van der Waals surface area contributed by atoms with E-state index in [4.69, 9.17) is 4.74 Å². The number of methoxy groups -OCH3 is 1. The van der Waals surface area contributed by atoms with E-state index in [0.717, 1.165) is 71.1 Å². The summed E-state index contributed by atoms with van der Waals surface area (Å²) >= 11 is 0. The summed E-state index contributed by atoms with van der Waals surface area (Å²) < 4.78 is 5.15. The molecule has 150 valence electrons. The quantitative estimate of drug-likeness (QED) is 0.762. The number of hydrogen-bond acceptors (Lipinski definition) is 3. The summed E-state index contributed by atoms with van der Waals surface area (Å²) in [5.41, 5.74) is 1.42. The number of piperidine rings is 1. The second kappa shape index (κ2) is 10.7. The van der Waals surface area contributed by atoms with Crippen LogP contribution in [-0.2, 0) is 11.2 Å². The highest BCUT2D eigenvalue weighted by Crippen LogP contribution is 2.22. The summed E-state index contributed by atoms with van der Waals surface area (Å²) in [7, 11) is 1.75. The van der Waals surface area contributed by atoms with Gasteiger partial charge in [0.1, 0.15) is 0 Å². The van der Waals surface area contributed by atoms with Crippen LogP contribution in [0.15, 0.2) is 30.3 Å². The molecular formula is C22H35N3O2. The summed E-state index contributed by atoms with van der Waals surface area (Å²) in [4.78, 5) is 16.9. The molecule has 2 fully saturated rings. The maximum Gasteiger partial charge on any atom is 0.317 e. The maximum atomic E-state index is 12.5. The van der Waals surface area contributed by atoms with Crippen molar-refractivity contribution in [2.45, 2.75) is 32.1 Å². The monoisotopic (exact) mass is 373 g/mol. The largest absolute Gasteiger partial charge is 0.383 e. The van der Waals surface area contributed by atoms with Crippen LogP contribution in [0.2, 0.25) is 0 Å². The lowest BCUT2D eigenvalue weighted by molar-refractivity contribution is 0.157. The average Bonchev–Trinajstić information content (AvgIpc) is 3.18. The maximum absolute atomic E-state index is 12.5. The number of nitrogens with zero attached hydrogens (tertiary/aromatic N) is 2. The number of hydrogen-bond donors (Lipinski definition) is 1. The molecule has 0 aromatic heterocycles. The van der Waals surface area contributed by atoms with Crippen molar-refractivity contribution >= 4 is 6.03 Å². The summed E-state index contributed by atoms with van der Waals surface area (Å²) in [6, 6.07) is 10.9. The van der Waals surface area contributed by atoms with Crippen LogP contribution in [0.25, 0.3) is 0 Å². The van der Waals surface area contributed by atoms with Gasteiger partial charge in [-0.25, -0.2) is 4.79 Å². The van der Waals surface area contributed by atoms with Gasteiger partial charge < -0.3 is 19.9 Å². The zero-order chi connectivity index (χ0) is 18.9. The smallest absolute Gasteiger partial charge is 0.317 e. The van der Waals surface area contributed by atoms with Crippen molar-refractivity contribution in [2.75, 3.05) is 53.0 Å². The second-order valence-electron chi connectivity index (χ2n) is 8.09. The number of urea groups is 1. The molecule has 0 bridgehead atoms. The van der Waals surface area contributed by atoms with Crippen LogP contribution in [0.5, 0.6) is 0 Å². The standard InChI is InChI=1S/C22H35N3O2/c1-27-16-15-24-12-9-21(18-24)17-23-22(26)25-13-10-20(11-14-25)8-7-19-5-3-2-4-6-19/h2-6,20-21H,7-18H2,1H3,(H,23,26)/t21-/m1/s1. The highest BCUT2D eigenvalue weighted by atomic mass is 16.5. The Kier molecular flexibility index (Phi) is 7.96. The van der Waals surface area contributed by atoms with Gasteiger partial charge in [-0.1, -0.05) is 30.3 Å². The van der Waals surface area contributed by atoms with Crippen LogP contribution in [0, 0.1) is 11.8 Å². The second-order valence-corrected chi connectivity index (χ2v) is 8.09. The number of carbonyl (C=O) groups excluding carboxylic acids is 1. The molecule has 2 heterocycles. The molecule has 2 aliphatic rings. The lowest BCUT2D eigenvalue weighted by Gasteiger charge is -2.32. The fourth-order valence-electron chi connectivity index (χ4n) is 4.29. The van der Waals surface area contributed by atoms with Gasteiger partial charge in [-0.2, -0.15) is 0 Å². The van der Waals surface area contributed by atoms with Crippen molar-refractivity contribution in [3.05, 3.63) is 35.9 Å². The number of likely N-dealkylation sites (tertiary alicyclic amines) is 2. The van der Waals surface area contributed by atoms with Gasteiger partial charge in [-0.05, 0) is 56.0 Å². The van der Waals surface area contributed by atoms with Crippen LogP contribution in [0.1, 0.15) is 31.2 Å². The van der Waals surface area contributed by atoms with Gasteiger partial charge in [0.15, 0.2) is 0 Å². The summed E-state index contributed by atoms with van der Waals surface area (Å²) in [6.45, 7) is 6.58. The number of nitrogens with one attached hydrogen (secondary N) is 1. The molecule has 1 N–H and O–H groups in total. The van der Waals surface area contributed by atoms with Crippen molar-refractivity contribution < 1.29 is 9.53 Å². The summed E-state index contributed by atoms with van der Waals surface area (Å²) in [5.74, 6) is 1.33. The predicted molar refractivity (Wildman–Crippen MR) is 109 cm³/mol. The van der Waals surface area contributed by atoms with Gasteiger partial charge >= 0.3 is 6.03 Å². The molecule has 0 spiro atoms. The Balaban J connectivity index is 1.29. The van der Waals surface area contributed by atoms with E-state index >= 15 is 0 Å². The molecule has 1 atom stereocenters. The first kappa shape index (κ1) is 20.2. The number of carbonyl (C=O) groups is 1. The molecule has 0 saturated carbocycles. The third kappa shape index (κ3) is 6.51. The summed E-state index contributed by atoms with van der Waals surface area (Å²) in [5, 5.41) is 3.17. The Morgan fingerprint density at radius 2 is 1.85 bits per heavy atom. The fourth-order valence-corrected chi connectivity index (χ4v) is 4.29. The molecule has 2 saturated heterocycles. The first-order valence-corrected chi connectivity index (χ1v) is 10.5. The van der Waals surface area contributed by atoms with Gasteiger partial charge in [0.2, 0.25) is 0 Å². The molecule has 1 aromatic rings. The van der Waals surface area contributed by atoms with Crippen LogP contribution in [0.3, 0.4) is 0 Å². The topological polar surface area (TPSA) is 44.8 Å². The number of ether oxygens (including phenoxy) is 1. The lowest BCUT2D eigenvalue weighted by Crippen LogP contribution is -2.46. The Morgan fingerprint density at radius 3 is 2.59 bits per heavy atom. The molecule has 0 radical (unpaired) electrons. The number of benzene rings is 1. The first-order valence-electron chi connectivity index (χ1n) is 10.5. The average molecular weight is 374 g/mol. The zero-order valence-electron chi connectivity index (χ0n) is 16.7. The Morgan fingerprint density at radius 1 is 1.11 bits per heavy atom. The van der Waals surface area contributed by atoms with Crippen molar-refractivity contribution in [3.8, 4) is 0 Å². The van der Waals surface area contributed by atoms with Gasteiger partial charge in [0.25, 0.3) is 0 Å². The van der Waals surface area contributed by atoms with E-state index in [1.165, 1.54) is 18.4 Å². The van der Waals surface area contributed by atoms with E-state index in [1.807, 2.05) is 4.90 Å². The van der Waals surface area contributed by atoms with Gasteiger partial charge in [0, 0.05) is 39.8 Å². The summed E-state index contributed by atoms with van der Waals surface area (Å²) in [6.07, 6.45) is 5.83. The molecule has 27 heavy (non-hydrogen) atoms. The molecule has 0 unspecified atom stereocenters. The molecule has 2 aliphatic heterocycles. The molecule has 5 heteroatoms. The predicted octanol–water partition coefficient (Wildman–Crippen LogP) is 3.01. The third-order valence-corrected chi connectivity index (χ3v) is 6.11. The van der Waals surface area contributed by atoms with E-state index < -0.39 is 0 Å². The normalized spacial score (nSPS) is 21.5. The number of amides is 2. The van der Waals surface area contributed by atoms with Crippen molar-refractivity contribution in [1.29, 1.82) is 0 Å². The Hall–Kier alpha value is -1.59. The van der Waals surface area contributed by atoms with Crippen LogP contribution in [0.4, 0.5) is 4.79 Å².